The predicted molar refractivity (Wildman–Crippen MR) is 125 cm³/mol. The van der Waals surface area contributed by atoms with E-state index >= 15 is 0 Å². The van der Waals surface area contributed by atoms with Crippen molar-refractivity contribution >= 4 is 5.91 Å². The number of nitrogens with zero attached hydrogens (tertiary/aromatic N) is 4. The molecular formula is C25H28F3N5O3. The maximum atomic E-state index is 13.6. The minimum Gasteiger partial charge on any atom is -0.447 e. The third-order valence-electron chi connectivity index (χ3n) is 5.90. The topological polar surface area (TPSA) is 83.7 Å². The summed E-state index contributed by atoms with van der Waals surface area (Å²) in [4.78, 5) is 24.8. The number of morpholine rings is 1. The zero-order valence-electron chi connectivity index (χ0n) is 19.7. The maximum Gasteiger partial charge on any atom is 0.416 e. The fourth-order valence-electron chi connectivity index (χ4n) is 3.95. The molecule has 1 aliphatic rings. The molecule has 3 aromatic rings. The lowest BCUT2D eigenvalue weighted by Gasteiger charge is -2.30. The van der Waals surface area contributed by atoms with Crippen LogP contribution in [0.1, 0.15) is 33.1 Å². The van der Waals surface area contributed by atoms with E-state index in [0.717, 1.165) is 24.7 Å². The first-order chi connectivity index (χ1) is 17.4. The molecule has 1 fully saturated rings. The Labute approximate surface area is 207 Å². The summed E-state index contributed by atoms with van der Waals surface area (Å²) in [6, 6.07) is 9.14. The van der Waals surface area contributed by atoms with Gasteiger partial charge in [-0.15, -0.1) is 0 Å². The van der Waals surface area contributed by atoms with Gasteiger partial charge >= 0.3 is 6.18 Å². The molecule has 0 bridgehead atoms. The summed E-state index contributed by atoms with van der Waals surface area (Å²) < 4.78 is 51.6. The van der Waals surface area contributed by atoms with E-state index in [4.69, 9.17) is 9.15 Å². The van der Waals surface area contributed by atoms with Gasteiger partial charge in [0.05, 0.1) is 25.3 Å². The van der Waals surface area contributed by atoms with Crippen LogP contribution in [0.25, 0.3) is 0 Å². The second-order valence-corrected chi connectivity index (χ2v) is 8.48. The normalized spacial score (nSPS) is 14.8. The van der Waals surface area contributed by atoms with Crippen LogP contribution in [-0.2, 0) is 30.5 Å². The average molecular weight is 504 g/mol. The third-order valence-corrected chi connectivity index (χ3v) is 5.90. The van der Waals surface area contributed by atoms with Crippen molar-refractivity contribution < 1.29 is 27.1 Å². The van der Waals surface area contributed by atoms with E-state index < -0.39 is 17.6 Å². The molecule has 0 unspecified atom stereocenters. The Hall–Kier alpha value is -3.28. The van der Waals surface area contributed by atoms with E-state index in [1.807, 2.05) is 4.90 Å². The molecular weight excluding hydrogens is 475 g/mol. The van der Waals surface area contributed by atoms with Gasteiger partial charge in [-0.2, -0.15) is 13.2 Å². The van der Waals surface area contributed by atoms with Crippen LogP contribution in [0.3, 0.4) is 0 Å². The Balaban J connectivity index is 1.43. The monoisotopic (exact) mass is 503 g/mol. The summed E-state index contributed by atoms with van der Waals surface area (Å²) in [6.45, 7) is 4.50. The second kappa shape index (κ2) is 12.1. The summed E-state index contributed by atoms with van der Waals surface area (Å²) in [5.41, 5.74) is 0.515. The Morgan fingerprint density at radius 1 is 1.08 bits per heavy atom. The number of ether oxygens (including phenoxy) is 1. The Bertz CT molecular complexity index is 1120. The SMILES string of the molecule is O=C(NCc1ccncc1)c1coc(CN(CCN2CCOCC2)Cc2ccccc2C(F)(F)F)n1. The molecule has 2 aromatic heterocycles. The van der Waals surface area contributed by atoms with Crippen molar-refractivity contribution in [2.75, 3.05) is 39.4 Å². The zero-order chi connectivity index (χ0) is 25.4. The first kappa shape index (κ1) is 25.8. The largest absolute Gasteiger partial charge is 0.447 e. The maximum absolute atomic E-state index is 13.6. The number of rotatable bonds is 10. The summed E-state index contributed by atoms with van der Waals surface area (Å²) in [7, 11) is 0. The van der Waals surface area contributed by atoms with Gasteiger partial charge in [0.2, 0.25) is 5.89 Å². The van der Waals surface area contributed by atoms with Crippen LogP contribution in [0, 0.1) is 0 Å². The number of alkyl halides is 3. The van der Waals surface area contributed by atoms with Crippen molar-refractivity contribution in [1.82, 2.24) is 25.1 Å². The van der Waals surface area contributed by atoms with Gasteiger partial charge in [-0.05, 0) is 29.3 Å². The predicted octanol–water partition coefficient (Wildman–Crippen LogP) is 3.35. The zero-order valence-corrected chi connectivity index (χ0v) is 19.7. The van der Waals surface area contributed by atoms with E-state index in [1.54, 1.807) is 30.6 Å². The number of oxazole rings is 1. The van der Waals surface area contributed by atoms with E-state index in [9.17, 15) is 18.0 Å². The second-order valence-electron chi connectivity index (χ2n) is 8.48. The highest BCUT2D eigenvalue weighted by molar-refractivity contribution is 5.91. The van der Waals surface area contributed by atoms with Gasteiger partial charge < -0.3 is 14.5 Å². The Morgan fingerprint density at radius 2 is 1.83 bits per heavy atom. The molecule has 0 atom stereocenters. The van der Waals surface area contributed by atoms with Crippen molar-refractivity contribution in [2.45, 2.75) is 25.8 Å². The quantitative estimate of drug-likeness (QED) is 0.454. The highest BCUT2D eigenvalue weighted by Gasteiger charge is 2.33. The van der Waals surface area contributed by atoms with Crippen molar-refractivity contribution in [1.29, 1.82) is 0 Å². The van der Waals surface area contributed by atoms with Crippen molar-refractivity contribution in [3.8, 4) is 0 Å². The molecule has 3 heterocycles. The van der Waals surface area contributed by atoms with Crippen LogP contribution in [0.5, 0.6) is 0 Å². The minimum atomic E-state index is -4.45. The average Bonchev–Trinajstić information content (AvgIpc) is 3.35. The number of carbonyl (C=O) groups is 1. The number of carbonyl (C=O) groups excluding carboxylic acids is 1. The van der Waals surface area contributed by atoms with Crippen molar-refractivity contribution in [3.05, 3.63) is 83.3 Å². The van der Waals surface area contributed by atoms with Gasteiger partial charge in [0.25, 0.3) is 5.91 Å². The molecule has 4 rings (SSSR count). The number of pyridine rings is 1. The van der Waals surface area contributed by atoms with Crippen LogP contribution in [0.15, 0.2) is 59.5 Å². The Kier molecular flexibility index (Phi) is 8.68. The first-order valence-electron chi connectivity index (χ1n) is 11.7. The molecule has 1 saturated heterocycles. The molecule has 0 radical (unpaired) electrons. The molecule has 1 aliphatic heterocycles. The van der Waals surface area contributed by atoms with Gasteiger partial charge in [-0.1, -0.05) is 18.2 Å². The lowest BCUT2D eigenvalue weighted by Crippen LogP contribution is -2.41. The molecule has 0 aliphatic carbocycles. The first-order valence-corrected chi connectivity index (χ1v) is 11.7. The molecule has 36 heavy (non-hydrogen) atoms. The highest BCUT2D eigenvalue weighted by Crippen LogP contribution is 2.32. The minimum absolute atomic E-state index is 0.0615. The van der Waals surface area contributed by atoms with E-state index in [1.165, 1.54) is 18.4 Å². The van der Waals surface area contributed by atoms with Crippen LogP contribution in [0.2, 0.25) is 0 Å². The molecule has 8 nitrogen and oxygen atoms in total. The molecule has 192 valence electrons. The molecule has 1 N–H and O–H groups in total. The molecule has 1 amide bonds. The van der Waals surface area contributed by atoms with Gasteiger partial charge in [0.15, 0.2) is 5.69 Å². The van der Waals surface area contributed by atoms with Crippen LogP contribution >= 0.6 is 0 Å². The summed E-state index contributed by atoms with van der Waals surface area (Å²) >= 11 is 0. The number of aromatic nitrogens is 2. The summed E-state index contributed by atoms with van der Waals surface area (Å²) in [5, 5.41) is 2.77. The van der Waals surface area contributed by atoms with E-state index in [2.05, 4.69) is 20.2 Å². The molecule has 1 aromatic carbocycles. The van der Waals surface area contributed by atoms with Gasteiger partial charge in [0, 0.05) is 51.7 Å². The van der Waals surface area contributed by atoms with E-state index in [0.29, 0.717) is 32.8 Å². The number of hydrogen-bond donors (Lipinski definition) is 1. The van der Waals surface area contributed by atoms with E-state index in [-0.39, 0.29) is 30.2 Å². The highest BCUT2D eigenvalue weighted by atomic mass is 19.4. The molecule has 0 saturated carbocycles. The smallest absolute Gasteiger partial charge is 0.416 e. The van der Waals surface area contributed by atoms with Crippen molar-refractivity contribution in [2.24, 2.45) is 0 Å². The summed E-state index contributed by atoms with van der Waals surface area (Å²) in [5.74, 6) is -0.139. The lowest BCUT2D eigenvalue weighted by atomic mass is 10.1. The fraction of sp³-hybridized carbons (Fsp3) is 0.400. The number of nitrogens with one attached hydrogen (secondary N) is 1. The van der Waals surface area contributed by atoms with Gasteiger partial charge in [0.1, 0.15) is 6.26 Å². The molecule has 11 heteroatoms. The summed E-state index contributed by atoms with van der Waals surface area (Å²) in [6.07, 6.45) is 0.0901. The number of halogens is 3. The fourth-order valence-corrected chi connectivity index (χ4v) is 3.95. The lowest BCUT2D eigenvalue weighted by molar-refractivity contribution is -0.138. The standard InChI is InChI=1S/C25H28F3N5O3/c26-25(27,28)21-4-2-1-3-20(21)16-33(10-9-32-11-13-35-14-12-32)17-23-31-22(18-36-23)24(34)30-15-19-5-7-29-8-6-19/h1-8,18H,9-17H2,(H,30,34). The van der Waals surface area contributed by atoms with Crippen molar-refractivity contribution in [3.63, 3.8) is 0 Å². The number of amides is 1. The van der Waals surface area contributed by atoms with Gasteiger partial charge in [-0.3, -0.25) is 19.6 Å². The Morgan fingerprint density at radius 3 is 2.58 bits per heavy atom. The number of hydrogen-bond acceptors (Lipinski definition) is 7. The van der Waals surface area contributed by atoms with Crippen LogP contribution in [-0.4, -0.2) is 65.1 Å². The van der Waals surface area contributed by atoms with Gasteiger partial charge in [-0.25, -0.2) is 4.98 Å². The number of benzene rings is 1. The van der Waals surface area contributed by atoms with Crippen LogP contribution in [0.4, 0.5) is 13.2 Å². The molecule has 0 spiro atoms. The third kappa shape index (κ3) is 7.36. The van der Waals surface area contributed by atoms with Crippen LogP contribution < -0.4 is 5.32 Å².